The molecule has 9 heteroatoms. The van der Waals surface area contributed by atoms with Crippen molar-refractivity contribution in [2.75, 3.05) is 0 Å². The van der Waals surface area contributed by atoms with Crippen molar-refractivity contribution in [2.45, 2.75) is 26.9 Å². The first-order valence-corrected chi connectivity index (χ1v) is 8.12. The zero-order chi connectivity index (χ0) is 18.8. The summed E-state index contributed by atoms with van der Waals surface area (Å²) in [6, 6.07) is 9.19. The maximum atomic E-state index is 12.6. The normalized spacial score (nSPS) is 10.8. The molecule has 3 aromatic rings. The Kier molecular flexibility index (Phi) is 4.53. The van der Waals surface area contributed by atoms with Gasteiger partial charge in [-0.05, 0) is 26.0 Å². The molecule has 2 aromatic heterocycles. The minimum Gasteiger partial charge on any atom is -0.287 e. The topological polar surface area (TPSA) is 105 Å². The minimum absolute atomic E-state index is 0.0284. The SMILES string of the molecule is CCn1c(-c2cnn(-c3ccccc3)c2)c([N+](=O)[O-])c(=O)n(CC)c1=O. The molecule has 0 saturated carbocycles. The predicted octanol–water partition coefficient (Wildman–Crippen LogP) is 1.81. The number of aromatic nitrogens is 4. The molecule has 3 rings (SSSR count). The average Bonchev–Trinajstić information content (AvgIpc) is 3.12. The van der Waals surface area contributed by atoms with Gasteiger partial charge >= 0.3 is 16.9 Å². The van der Waals surface area contributed by atoms with Crippen LogP contribution >= 0.6 is 0 Å². The summed E-state index contributed by atoms with van der Waals surface area (Å²) in [4.78, 5) is 35.9. The Morgan fingerprint density at radius 3 is 2.31 bits per heavy atom. The number of nitrogens with zero attached hydrogens (tertiary/aromatic N) is 5. The summed E-state index contributed by atoms with van der Waals surface area (Å²) in [5.74, 6) is 0. The molecule has 0 unspecified atom stereocenters. The summed E-state index contributed by atoms with van der Waals surface area (Å²) in [6.07, 6.45) is 2.98. The predicted molar refractivity (Wildman–Crippen MR) is 95.5 cm³/mol. The fourth-order valence-electron chi connectivity index (χ4n) is 2.88. The second kappa shape index (κ2) is 6.79. The highest BCUT2D eigenvalue weighted by atomic mass is 16.6. The quantitative estimate of drug-likeness (QED) is 0.513. The van der Waals surface area contributed by atoms with E-state index in [0.717, 1.165) is 10.3 Å². The standard InChI is InChI=1S/C17H17N5O4/c1-3-19-14(15(22(25)26)16(23)20(4-2)17(19)24)12-10-18-21(11-12)13-8-6-5-7-9-13/h5-11H,3-4H2,1-2H3. The molecule has 0 amide bonds. The third-order valence-electron chi connectivity index (χ3n) is 4.10. The van der Waals surface area contributed by atoms with Crippen LogP contribution in [0.5, 0.6) is 0 Å². The van der Waals surface area contributed by atoms with Crippen LogP contribution in [0.4, 0.5) is 5.69 Å². The second-order valence-corrected chi connectivity index (χ2v) is 5.54. The van der Waals surface area contributed by atoms with E-state index in [2.05, 4.69) is 5.10 Å². The van der Waals surface area contributed by atoms with Gasteiger partial charge in [0.2, 0.25) is 0 Å². The number of benzene rings is 1. The molecule has 0 radical (unpaired) electrons. The highest BCUT2D eigenvalue weighted by Crippen LogP contribution is 2.26. The molecule has 0 aliphatic heterocycles. The average molecular weight is 355 g/mol. The van der Waals surface area contributed by atoms with Crippen molar-refractivity contribution in [2.24, 2.45) is 0 Å². The van der Waals surface area contributed by atoms with Crippen LogP contribution in [0.15, 0.2) is 52.3 Å². The lowest BCUT2D eigenvalue weighted by molar-refractivity contribution is -0.386. The molecule has 26 heavy (non-hydrogen) atoms. The Bertz CT molecular complexity index is 1080. The molecule has 0 aliphatic rings. The van der Waals surface area contributed by atoms with Crippen LogP contribution in [0.3, 0.4) is 0 Å². The second-order valence-electron chi connectivity index (χ2n) is 5.54. The lowest BCUT2D eigenvalue weighted by Gasteiger charge is -2.12. The Morgan fingerprint density at radius 2 is 1.73 bits per heavy atom. The van der Waals surface area contributed by atoms with Gasteiger partial charge in [-0.3, -0.25) is 24.0 Å². The van der Waals surface area contributed by atoms with Crippen molar-refractivity contribution in [1.29, 1.82) is 0 Å². The number of hydrogen-bond donors (Lipinski definition) is 0. The van der Waals surface area contributed by atoms with E-state index in [0.29, 0.717) is 5.56 Å². The number of hydrogen-bond acceptors (Lipinski definition) is 5. The van der Waals surface area contributed by atoms with E-state index in [-0.39, 0.29) is 18.8 Å². The van der Waals surface area contributed by atoms with Crippen molar-refractivity contribution in [3.8, 4) is 16.9 Å². The Balaban J connectivity index is 2.32. The highest BCUT2D eigenvalue weighted by molar-refractivity contribution is 5.68. The summed E-state index contributed by atoms with van der Waals surface area (Å²) in [7, 11) is 0. The van der Waals surface area contributed by atoms with Crippen molar-refractivity contribution in [1.82, 2.24) is 18.9 Å². The van der Waals surface area contributed by atoms with Crippen LogP contribution in [-0.2, 0) is 13.1 Å². The van der Waals surface area contributed by atoms with E-state index < -0.39 is 21.9 Å². The molecule has 2 heterocycles. The third kappa shape index (κ3) is 2.73. The Hall–Kier alpha value is -3.49. The maximum absolute atomic E-state index is 12.6. The van der Waals surface area contributed by atoms with Gasteiger partial charge in [0, 0.05) is 24.8 Å². The molecule has 0 bridgehead atoms. The summed E-state index contributed by atoms with van der Waals surface area (Å²) < 4.78 is 3.64. The van der Waals surface area contributed by atoms with Crippen molar-refractivity contribution < 1.29 is 4.92 Å². The summed E-state index contributed by atoms with van der Waals surface area (Å²) >= 11 is 0. The fourth-order valence-corrected chi connectivity index (χ4v) is 2.88. The number of nitro groups is 1. The Labute approximate surface area is 147 Å². The lowest BCUT2D eigenvalue weighted by Crippen LogP contribution is -2.41. The zero-order valence-electron chi connectivity index (χ0n) is 14.3. The number of para-hydroxylation sites is 1. The van der Waals surface area contributed by atoms with Crippen LogP contribution in [0, 0.1) is 10.1 Å². The van der Waals surface area contributed by atoms with Crippen LogP contribution in [0.2, 0.25) is 0 Å². The monoisotopic (exact) mass is 355 g/mol. The van der Waals surface area contributed by atoms with Crippen LogP contribution in [0.25, 0.3) is 16.9 Å². The van der Waals surface area contributed by atoms with Gasteiger partial charge in [-0.1, -0.05) is 18.2 Å². The van der Waals surface area contributed by atoms with Gasteiger partial charge in [-0.25, -0.2) is 9.48 Å². The molecule has 0 saturated heterocycles. The first kappa shape index (κ1) is 17.3. The van der Waals surface area contributed by atoms with E-state index in [1.807, 2.05) is 30.3 Å². The van der Waals surface area contributed by atoms with Crippen LogP contribution in [-0.4, -0.2) is 23.8 Å². The molecule has 0 spiro atoms. The lowest BCUT2D eigenvalue weighted by atomic mass is 10.2. The smallest absolute Gasteiger partial charge is 0.287 e. The molecule has 9 nitrogen and oxygen atoms in total. The van der Waals surface area contributed by atoms with E-state index >= 15 is 0 Å². The highest BCUT2D eigenvalue weighted by Gasteiger charge is 2.28. The molecule has 1 aromatic carbocycles. The molecule has 0 aliphatic carbocycles. The summed E-state index contributed by atoms with van der Waals surface area (Å²) in [5.41, 5.74) is -1.04. The van der Waals surface area contributed by atoms with E-state index in [1.165, 1.54) is 15.4 Å². The van der Waals surface area contributed by atoms with Gasteiger partial charge in [0.05, 0.1) is 16.8 Å². The third-order valence-corrected chi connectivity index (χ3v) is 4.10. The van der Waals surface area contributed by atoms with Crippen LogP contribution < -0.4 is 11.2 Å². The molecule has 134 valence electrons. The molecule has 0 fully saturated rings. The molecular formula is C17H17N5O4. The van der Waals surface area contributed by atoms with E-state index in [9.17, 15) is 19.7 Å². The van der Waals surface area contributed by atoms with Crippen molar-refractivity contribution >= 4 is 5.69 Å². The maximum Gasteiger partial charge on any atom is 0.358 e. The van der Waals surface area contributed by atoms with E-state index in [1.54, 1.807) is 20.0 Å². The molecule has 0 N–H and O–H groups in total. The zero-order valence-corrected chi connectivity index (χ0v) is 14.3. The first-order valence-electron chi connectivity index (χ1n) is 8.12. The van der Waals surface area contributed by atoms with Gasteiger partial charge in [0.15, 0.2) is 0 Å². The fraction of sp³-hybridized carbons (Fsp3) is 0.235. The van der Waals surface area contributed by atoms with Gasteiger partial charge in [-0.2, -0.15) is 5.10 Å². The molecule has 0 atom stereocenters. The largest absolute Gasteiger partial charge is 0.358 e. The van der Waals surface area contributed by atoms with Crippen LogP contribution in [0.1, 0.15) is 13.8 Å². The molecular weight excluding hydrogens is 338 g/mol. The van der Waals surface area contributed by atoms with E-state index in [4.69, 9.17) is 0 Å². The number of rotatable bonds is 5. The van der Waals surface area contributed by atoms with Gasteiger partial charge in [0.1, 0.15) is 5.69 Å². The van der Waals surface area contributed by atoms with Gasteiger partial charge in [-0.15, -0.1) is 0 Å². The first-order chi connectivity index (χ1) is 12.5. The Morgan fingerprint density at radius 1 is 1.08 bits per heavy atom. The van der Waals surface area contributed by atoms with Crippen molar-refractivity contribution in [3.63, 3.8) is 0 Å². The summed E-state index contributed by atoms with van der Waals surface area (Å²) in [6.45, 7) is 3.54. The van der Waals surface area contributed by atoms with Crippen molar-refractivity contribution in [3.05, 3.63) is 73.7 Å². The van der Waals surface area contributed by atoms with Gasteiger partial charge < -0.3 is 0 Å². The summed E-state index contributed by atoms with van der Waals surface area (Å²) in [5, 5.41) is 15.8. The minimum atomic E-state index is -0.908. The van der Waals surface area contributed by atoms with Gasteiger partial charge in [0.25, 0.3) is 0 Å².